The summed E-state index contributed by atoms with van der Waals surface area (Å²) in [6.07, 6.45) is 0.350. The Hall–Kier alpha value is -3.67. The zero-order valence-electron chi connectivity index (χ0n) is 22.0. The van der Waals surface area contributed by atoms with Gasteiger partial charge in [-0.1, -0.05) is 18.2 Å². The fraction of sp³-hybridized carbons (Fsp3) is 0.310. The molecule has 1 fully saturated rings. The molecule has 1 N–H and O–H groups in total. The number of aromatic nitrogens is 2. The van der Waals surface area contributed by atoms with Crippen molar-refractivity contribution in [2.45, 2.75) is 19.0 Å². The monoisotopic (exact) mass is 566 g/mol. The maximum atomic E-state index is 12.9. The number of nitrogens with one attached hydrogen (secondary N) is 1. The predicted octanol–water partition coefficient (Wildman–Crippen LogP) is 5.70. The molecule has 0 saturated carbocycles. The molecule has 1 saturated heterocycles. The average molecular weight is 567 g/mol. The molecule has 7 nitrogen and oxygen atoms in total. The van der Waals surface area contributed by atoms with Crippen LogP contribution in [0.1, 0.15) is 26.4 Å². The minimum Gasteiger partial charge on any atom is -0.322 e. The molecule has 11 heteroatoms. The zero-order chi connectivity index (χ0) is 28.1. The lowest BCUT2D eigenvalue weighted by Crippen LogP contribution is -2.45. The van der Waals surface area contributed by atoms with Crippen molar-refractivity contribution in [3.05, 3.63) is 82.5 Å². The van der Waals surface area contributed by atoms with E-state index in [1.165, 1.54) is 23.3 Å². The van der Waals surface area contributed by atoms with Gasteiger partial charge in [-0.15, -0.1) is 11.3 Å². The van der Waals surface area contributed by atoms with Crippen LogP contribution in [-0.2, 0) is 19.0 Å². The first-order valence-electron chi connectivity index (χ1n) is 13.0. The molecule has 1 amide bonds. The van der Waals surface area contributed by atoms with Gasteiger partial charge in [0.05, 0.1) is 15.8 Å². The van der Waals surface area contributed by atoms with Gasteiger partial charge in [0.2, 0.25) is 0 Å². The fourth-order valence-electron chi connectivity index (χ4n) is 4.45. The SMILES string of the molecule is CN1CCN(CCc2cc3ncnc(N=CCc4ccc(NC(=O)c5cccc(C(F)(F)F)c5)cc4)c3s2)CC1. The Morgan fingerprint density at radius 2 is 1.85 bits per heavy atom. The van der Waals surface area contributed by atoms with Crippen LogP contribution in [0.25, 0.3) is 10.2 Å². The van der Waals surface area contributed by atoms with Gasteiger partial charge in [-0.05, 0) is 55.4 Å². The molecule has 0 unspecified atom stereocenters. The number of aliphatic imine (C=N–C) groups is 1. The summed E-state index contributed by atoms with van der Waals surface area (Å²) in [6, 6.07) is 13.6. The number of piperazine rings is 1. The minimum absolute atomic E-state index is 0.0572. The van der Waals surface area contributed by atoms with Crippen LogP contribution in [0.2, 0.25) is 0 Å². The second kappa shape index (κ2) is 12.2. The van der Waals surface area contributed by atoms with Crippen LogP contribution in [0.15, 0.2) is 65.9 Å². The van der Waals surface area contributed by atoms with Gasteiger partial charge in [0.25, 0.3) is 5.91 Å². The number of hydrogen-bond acceptors (Lipinski definition) is 7. The highest BCUT2D eigenvalue weighted by Gasteiger charge is 2.30. The van der Waals surface area contributed by atoms with Crippen molar-refractivity contribution in [2.24, 2.45) is 4.99 Å². The van der Waals surface area contributed by atoms with Gasteiger partial charge in [0.15, 0.2) is 5.82 Å². The molecule has 3 heterocycles. The minimum atomic E-state index is -4.51. The Labute approximate surface area is 234 Å². The lowest BCUT2D eigenvalue weighted by atomic mass is 10.1. The number of rotatable bonds is 8. The van der Waals surface area contributed by atoms with Crippen molar-refractivity contribution >= 4 is 45.2 Å². The third-order valence-corrected chi connectivity index (χ3v) is 8.00. The summed E-state index contributed by atoms with van der Waals surface area (Å²) in [5.74, 6) is 0.0397. The third kappa shape index (κ3) is 7.09. The Kier molecular flexibility index (Phi) is 8.53. The van der Waals surface area contributed by atoms with Crippen molar-refractivity contribution in [3.63, 3.8) is 0 Å². The summed E-state index contributed by atoms with van der Waals surface area (Å²) in [5, 5.41) is 2.64. The molecule has 0 aliphatic carbocycles. The number of likely N-dealkylation sites (N-methyl/N-ethyl adjacent to an activating group) is 1. The summed E-state index contributed by atoms with van der Waals surface area (Å²) in [6.45, 7) is 5.44. The number of carbonyl (C=O) groups is 1. The van der Waals surface area contributed by atoms with Crippen molar-refractivity contribution in [1.82, 2.24) is 19.8 Å². The van der Waals surface area contributed by atoms with Gasteiger partial charge >= 0.3 is 6.18 Å². The molecular formula is C29H29F3N6OS. The Bertz CT molecular complexity index is 1490. The van der Waals surface area contributed by atoms with E-state index < -0.39 is 17.6 Å². The van der Waals surface area contributed by atoms with Gasteiger partial charge < -0.3 is 15.1 Å². The van der Waals surface area contributed by atoms with Crippen molar-refractivity contribution in [1.29, 1.82) is 0 Å². The number of amides is 1. The predicted molar refractivity (Wildman–Crippen MR) is 153 cm³/mol. The molecular weight excluding hydrogens is 537 g/mol. The first-order chi connectivity index (χ1) is 19.2. The second-order valence-electron chi connectivity index (χ2n) is 9.76. The van der Waals surface area contributed by atoms with Gasteiger partial charge in [-0.3, -0.25) is 4.79 Å². The van der Waals surface area contributed by atoms with Crippen LogP contribution in [0.3, 0.4) is 0 Å². The van der Waals surface area contributed by atoms with E-state index >= 15 is 0 Å². The Morgan fingerprint density at radius 3 is 2.60 bits per heavy atom. The molecule has 5 rings (SSSR count). The van der Waals surface area contributed by atoms with Crippen LogP contribution >= 0.6 is 11.3 Å². The highest BCUT2D eigenvalue weighted by atomic mass is 32.1. The normalized spacial score (nSPS) is 15.2. The first-order valence-corrected chi connectivity index (χ1v) is 13.8. The van der Waals surface area contributed by atoms with E-state index in [1.807, 2.05) is 12.1 Å². The Balaban J connectivity index is 1.17. The number of fused-ring (bicyclic) bond motifs is 1. The van der Waals surface area contributed by atoms with E-state index in [0.717, 1.165) is 67.1 Å². The molecule has 2 aromatic heterocycles. The lowest BCUT2D eigenvalue weighted by Gasteiger charge is -2.32. The van der Waals surface area contributed by atoms with Gasteiger partial charge in [-0.25, -0.2) is 15.0 Å². The molecule has 0 atom stereocenters. The number of carbonyl (C=O) groups excluding carboxylic acids is 1. The standard InChI is InChI=1S/C29H29F3N6OS/c1-37-13-15-38(16-14-37)12-10-24-18-25-26(40-24)27(35-19-34-25)33-11-9-20-5-7-23(8-6-20)36-28(39)21-3-2-4-22(17-21)29(30,31)32/h2-8,11,17-19H,9-10,12-16H2,1H3,(H,36,39). The average Bonchev–Trinajstić information content (AvgIpc) is 3.37. The van der Waals surface area contributed by atoms with Gasteiger partial charge in [0, 0.05) is 61.5 Å². The summed E-state index contributed by atoms with van der Waals surface area (Å²) < 4.78 is 39.8. The maximum Gasteiger partial charge on any atom is 0.416 e. The van der Waals surface area contributed by atoms with E-state index in [9.17, 15) is 18.0 Å². The molecule has 0 bridgehead atoms. The number of alkyl halides is 3. The van der Waals surface area contributed by atoms with E-state index in [1.54, 1.807) is 29.7 Å². The number of thiophene rings is 1. The van der Waals surface area contributed by atoms with E-state index in [-0.39, 0.29) is 5.56 Å². The van der Waals surface area contributed by atoms with E-state index in [0.29, 0.717) is 17.9 Å². The van der Waals surface area contributed by atoms with Crippen molar-refractivity contribution in [2.75, 3.05) is 45.1 Å². The van der Waals surface area contributed by atoms with Crippen LogP contribution in [0.5, 0.6) is 0 Å². The number of anilines is 1. The number of nitrogens with zero attached hydrogens (tertiary/aromatic N) is 5. The van der Waals surface area contributed by atoms with Crippen LogP contribution in [0.4, 0.5) is 24.7 Å². The molecule has 0 radical (unpaired) electrons. The summed E-state index contributed by atoms with van der Waals surface area (Å²) >= 11 is 1.69. The molecule has 4 aromatic rings. The first kappa shape index (κ1) is 27.9. The molecule has 0 spiro atoms. The van der Waals surface area contributed by atoms with E-state index in [4.69, 9.17) is 0 Å². The molecule has 208 valence electrons. The number of halogens is 3. The van der Waals surface area contributed by atoms with Gasteiger partial charge in [-0.2, -0.15) is 13.2 Å². The van der Waals surface area contributed by atoms with Crippen LogP contribution < -0.4 is 5.32 Å². The highest BCUT2D eigenvalue weighted by Crippen LogP contribution is 2.31. The molecule has 1 aliphatic heterocycles. The Morgan fingerprint density at radius 1 is 1.07 bits per heavy atom. The number of hydrogen-bond donors (Lipinski definition) is 1. The molecule has 40 heavy (non-hydrogen) atoms. The fourth-order valence-corrected chi connectivity index (χ4v) is 5.49. The topological polar surface area (TPSA) is 73.7 Å². The van der Waals surface area contributed by atoms with Crippen molar-refractivity contribution < 1.29 is 18.0 Å². The van der Waals surface area contributed by atoms with Gasteiger partial charge in [0.1, 0.15) is 6.33 Å². The largest absolute Gasteiger partial charge is 0.416 e. The summed E-state index contributed by atoms with van der Waals surface area (Å²) in [4.78, 5) is 31.9. The highest BCUT2D eigenvalue weighted by molar-refractivity contribution is 7.19. The summed E-state index contributed by atoms with van der Waals surface area (Å²) in [5.41, 5.74) is 1.44. The summed E-state index contributed by atoms with van der Waals surface area (Å²) in [7, 11) is 2.16. The third-order valence-electron chi connectivity index (χ3n) is 6.82. The zero-order valence-corrected chi connectivity index (χ0v) is 22.8. The molecule has 2 aromatic carbocycles. The smallest absolute Gasteiger partial charge is 0.322 e. The van der Waals surface area contributed by atoms with E-state index in [2.05, 4.69) is 43.2 Å². The second-order valence-corrected chi connectivity index (χ2v) is 10.9. The maximum absolute atomic E-state index is 12.9. The van der Waals surface area contributed by atoms with Crippen LogP contribution in [0, 0.1) is 0 Å². The van der Waals surface area contributed by atoms with Crippen LogP contribution in [-0.4, -0.2) is 71.7 Å². The quantitative estimate of drug-likeness (QED) is 0.277. The van der Waals surface area contributed by atoms with Crippen molar-refractivity contribution in [3.8, 4) is 0 Å². The lowest BCUT2D eigenvalue weighted by molar-refractivity contribution is -0.137. The molecule has 1 aliphatic rings. The number of benzene rings is 2.